The first kappa shape index (κ1) is 24.6. The zero-order valence-electron chi connectivity index (χ0n) is 20.1. The topological polar surface area (TPSA) is 70.2 Å². The molecule has 1 heterocycles. The minimum atomic E-state index is -4.00. The van der Waals surface area contributed by atoms with Crippen molar-refractivity contribution >= 4 is 27.3 Å². The molecule has 0 aromatic heterocycles. The Hall–Kier alpha value is -3.52. The van der Waals surface area contributed by atoms with Gasteiger partial charge in [0.15, 0.2) is 0 Å². The smallest absolute Gasteiger partial charge is 0.264 e. The van der Waals surface area contributed by atoms with Gasteiger partial charge in [-0.2, -0.15) is 0 Å². The highest BCUT2D eigenvalue weighted by Crippen LogP contribution is 2.32. The third kappa shape index (κ3) is 5.59. The van der Waals surface area contributed by atoms with Crippen LogP contribution in [0.1, 0.15) is 12.5 Å². The summed E-state index contributed by atoms with van der Waals surface area (Å²) in [6, 6.07) is 23.7. The van der Waals surface area contributed by atoms with Gasteiger partial charge in [0, 0.05) is 31.9 Å². The number of hydrogen-bond acceptors (Lipinski definition) is 5. The lowest BCUT2D eigenvalue weighted by Gasteiger charge is -2.37. The molecule has 3 aromatic rings. The Labute approximate surface area is 207 Å². The van der Waals surface area contributed by atoms with E-state index in [1.165, 1.54) is 4.31 Å². The number of carbonyl (C=O) groups is 1. The van der Waals surface area contributed by atoms with Gasteiger partial charge in [-0.3, -0.25) is 9.10 Å². The highest BCUT2D eigenvalue weighted by molar-refractivity contribution is 7.92. The van der Waals surface area contributed by atoms with Crippen LogP contribution in [0, 0.1) is 6.92 Å². The normalized spacial score (nSPS) is 14.0. The maximum atomic E-state index is 13.7. The Balaban J connectivity index is 1.59. The molecule has 7 nitrogen and oxygen atoms in total. The van der Waals surface area contributed by atoms with Crippen LogP contribution in [0.4, 0.5) is 11.4 Å². The molecular formula is C27H31N3O4S. The Morgan fingerprint density at radius 2 is 1.51 bits per heavy atom. The summed E-state index contributed by atoms with van der Waals surface area (Å²) < 4.78 is 34.4. The Morgan fingerprint density at radius 1 is 0.886 bits per heavy atom. The molecule has 0 aliphatic carbocycles. The van der Waals surface area contributed by atoms with E-state index in [2.05, 4.69) is 17.0 Å². The average Bonchev–Trinajstić information content (AvgIpc) is 2.88. The van der Waals surface area contributed by atoms with Gasteiger partial charge in [0.1, 0.15) is 12.3 Å². The summed E-state index contributed by atoms with van der Waals surface area (Å²) in [5.74, 6) is 0.187. The summed E-state index contributed by atoms with van der Waals surface area (Å²) in [4.78, 5) is 17.5. The number of aryl methyl sites for hydroxylation is 1. The molecule has 8 heteroatoms. The van der Waals surface area contributed by atoms with Crippen LogP contribution in [0.15, 0.2) is 83.8 Å². The molecule has 1 amide bonds. The summed E-state index contributed by atoms with van der Waals surface area (Å²) >= 11 is 0. The molecule has 184 valence electrons. The van der Waals surface area contributed by atoms with Crippen molar-refractivity contribution in [2.24, 2.45) is 0 Å². The Morgan fingerprint density at radius 3 is 2.17 bits per heavy atom. The lowest BCUT2D eigenvalue weighted by Crippen LogP contribution is -2.52. The highest BCUT2D eigenvalue weighted by atomic mass is 32.2. The Bertz CT molecular complexity index is 1240. The van der Waals surface area contributed by atoms with E-state index in [1.807, 2.05) is 32.0 Å². The first-order chi connectivity index (χ1) is 16.9. The van der Waals surface area contributed by atoms with Gasteiger partial charge in [-0.05, 0) is 50.2 Å². The second-order valence-electron chi connectivity index (χ2n) is 8.43. The predicted molar refractivity (Wildman–Crippen MR) is 139 cm³/mol. The molecule has 3 aromatic carbocycles. The second-order valence-corrected chi connectivity index (χ2v) is 10.3. The highest BCUT2D eigenvalue weighted by Gasteiger charge is 2.32. The van der Waals surface area contributed by atoms with Gasteiger partial charge >= 0.3 is 0 Å². The molecular weight excluding hydrogens is 462 g/mol. The lowest BCUT2D eigenvalue weighted by molar-refractivity contribution is -0.129. The molecule has 0 spiro atoms. The Kier molecular flexibility index (Phi) is 7.60. The van der Waals surface area contributed by atoms with Gasteiger partial charge in [-0.15, -0.1) is 0 Å². The van der Waals surface area contributed by atoms with Crippen LogP contribution in [0.2, 0.25) is 0 Å². The molecule has 1 aliphatic heterocycles. The summed E-state index contributed by atoms with van der Waals surface area (Å²) in [5.41, 5.74) is 2.43. The summed E-state index contributed by atoms with van der Waals surface area (Å²) in [5, 5.41) is 0. The zero-order valence-corrected chi connectivity index (χ0v) is 20.9. The SMILES string of the molecule is CCOc1ccccc1N(CC(=O)N1CCN(c2ccccc2)CC1)S(=O)(=O)c1ccc(C)cc1. The minimum absolute atomic E-state index is 0.135. The first-order valence-electron chi connectivity index (χ1n) is 11.8. The maximum Gasteiger partial charge on any atom is 0.264 e. The quantitative estimate of drug-likeness (QED) is 0.476. The molecule has 0 radical (unpaired) electrons. The van der Waals surface area contributed by atoms with E-state index in [1.54, 1.807) is 53.4 Å². The molecule has 1 saturated heterocycles. The zero-order chi connectivity index (χ0) is 24.8. The molecule has 0 saturated carbocycles. The number of benzene rings is 3. The minimum Gasteiger partial charge on any atom is -0.492 e. The van der Waals surface area contributed by atoms with Gasteiger partial charge in [-0.25, -0.2) is 8.42 Å². The van der Waals surface area contributed by atoms with Gasteiger partial charge in [-0.1, -0.05) is 48.0 Å². The molecule has 1 fully saturated rings. The van der Waals surface area contributed by atoms with E-state index in [0.717, 1.165) is 11.3 Å². The molecule has 0 bridgehead atoms. The fourth-order valence-electron chi connectivity index (χ4n) is 4.15. The van der Waals surface area contributed by atoms with Crippen LogP contribution in [-0.4, -0.2) is 58.6 Å². The van der Waals surface area contributed by atoms with Crippen molar-refractivity contribution < 1.29 is 17.9 Å². The van der Waals surface area contributed by atoms with Crippen LogP contribution < -0.4 is 13.9 Å². The average molecular weight is 494 g/mol. The number of piperazine rings is 1. The number of ether oxygens (including phenoxy) is 1. The molecule has 0 unspecified atom stereocenters. The van der Waals surface area contributed by atoms with E-state index in [-0.39, 0.29) is 17.3 Å². The van der Waals surface area contributed by atoms with Crippen molar-refractivity contribution in [3.05, 3.63) is 84.4 Å². The number of rotatable bonds is 8. The van der Waals surface area contributed by atoms with Crippen LogP contribution in [0.25, 0.3) is 0 Å². The number of para-hydroxylation sites is 3. The van der Waals surface area contributed by atoms with E-state index < -0.39 is 10.0 Å². The second kappa shape index (κ2) is 10.8. The van der Waals surface area contributed by atoms with Gasteiger partial charge in [0.05, 0.1) is 17.2 Å². The third-order valence-corrected chi connectivity index (χ3v) is 7.85. The fraction of sp³-hybridized carbons (Fsp3) is 0.296. The maximum absolute atomic E-state index is 13.7. The van der Waals surface area contributed by atoms with Gasteiger partial charge in [0.2, 0.25) is 5.91 Å². The van der Waals surface area contributed by atoms with Crippen molar-refractivity contribution in [3.63, 3.8) is 0 Å². The number of anilines is 2. The lowest BCUT2D eigenvalue weighted by atomic mass is 10.2. The standard InChI is InChI=1S/C27H31N3O4S/c1-3-34-26-12-8-7-11-25(26)30(35(32,33)24-15-13-22(2)14-16-24)21-27(31)29-19-17-28(18-20-29)23-9-5-4-6-10-23/h4-16H,3,17-21H2,1-2H3. The number of hydrogen-bond donors (Lipinski definition) is 0. The predicted octanol–water partition coefficient (Wildman–Crippen LogP) is 3.94. The fourth-order valence-corrected chi connectivity index (χ4v) is 5.58. The first-order valence-corrected chi connectivity index (χ1v) is 13.2. The molecule has 0 atom stereocenters. The number of sulfonamides is 1. The summed E-state index contributed by atoms with van der Waals surface area (Å²) in [7, 11) is -4.00. The number of nitrogens with zero attached hydrogens (tertiary/aromatic N) is 3. The van der Waals surface area contributed by atoms with Crippen LogP contribution in [0.5, 0.6) is 5.75 Å². The van der Waals surface area contributed by atoms with E-state index in [9.17, 15) is 13.2 Å². The van der Waals surface area contributed by atoms with Crippen LogP contribution in [0.3, 0.4) is 0 Å². The molecule has 0 N–H and O–H groups in total. The van der Waals surface area contributed by atoms with E-state index >= 15 is 0 Å². The van der Waals surface area contributed by atoms with E-state index in [0.29, 0.717) is 44.2 Å². The summed E-state index contributed by atoms with van der Waals surface area (Å²) in [6.45, 7) is 6.26. The van der Waals surface area contributed by atoms with Crippen LogP contribution >= 0.6 is 0 Å². The molecule has 35 heavy (non-hydrogen) atoms. The summed E-state index contributed by atoms with van der Waals surface area (Å²) in [6.07, 6.45) is 0. The third-order valence-electron chi connectivity index (χ3n) is 6.08. The van der Waals surface area contributed by atoms with Gasteiger partial charge in [0.25, 0.3) is 10.0 Å². The largest absolute Gasteiger partial charge is 0.492 e. The molecule has 4 rings (SSSR count). The molecule has 1 aliphatic rings. The van der Waals surface area contributed by atoms with Crippen molar-refractivity contribution in [1.82, 2.24) is 4.90 Å². The van der Waals surface area contributed by atoms with Crippen LogP contribution in [-0.2, 0) is 14.8 Å². The van der Waals surface area contributed by atoms with Crippen molar-refractivity contribution in [3.8, 4) is 5.75 Å². The number of amides is 1. The van der Waals surface area contributed by atoms with E-state index in [4.69, 9.17) is 4.74 Å². The monoisotopic (exact) mass is 493 g/mol. The number of carbonyl (C=O) groups excluding carboxylic acids is 1. The van der Waals surface area contributed by atoms with Crippen molar-refractivity contribution in [1.29, 1.82) is 0 Å². The van der Waals surface area contributed by atoms with Gasteiger partial charge < -0.3 is 14.5 Å². The van der Waals surface area contributed by atoms with Crippen molar-refractivity contribution in [2.45, 2.75) is 18.7 Å². The van der Waals surface area contributed by atoms with Crippen molar-refractivity contribution in [2.75, 3.05) is 48.5 Å².